The summed E-state index contributed by atoms with van der Waals surface area (Å²) in [4.78, 5) is 11.3. The van der Waals surface area contributed by atoms with Crippen LogP contribution in [-0.4, -0.2) is 5.91 Å². The fourth-order valence-electron chi connectivity index (χ4n) is 1.51. The number of primary amides is 1. The van der Waals surface area contributed by atoms with Gasteiger partial charge in [0.25, 0.3) is 5.91 Å². The van der Waals surface area contributed by atoms with Crippen molar-refractivity contribution in [1.29, 1.82) is 0 Å². The smallest absolute Gasteiger partial charge is 0.250 e. The molecular formula is C13H11IN2O. The average Bonchev–Trinajstić information content (AvgIpc) is 2.30. The van der Waals surface area contributed by atoms with Gasteiger partial charge < -0.3 is 11.1 Å². The van der Waals surface area contributed by atoms with E-state index in [9.17, 15) is 4.79 Å². The van der Waals surface area contributed by atoms with Crippen LogP contribution in [0, 0.1) is 3.57 Å². The SMILES string of the molecule is NC(=O)c1ccc(I)cc1Nc1ccccc1. The van der Waals surface area contributed by atoms with Gasteiger partial charge in [0.05, 0.1) is 11.3 Å². The molecule has 0 fully saturated rings. The third kappa shape index (κ3) is 2.97. The summed E-state index contributed by atoms with van der Waals surface area (Å²) in [5.74, 6) is -0.431. The molecule has 0 saturated heterocycles. The summed E-state index contributed by atoms with van der Waals surface area (Å²) >= 11 is 2.20. The Hall–Kier alpha value is -1.56. The van der Waals surface area contributed by atoms with Crippen molar-refractivity contribution in [2.45, 2.75) is 0 Å². The van der Waals surface area contributed by atoms with Crippen molar-refractivity contribution in [3.63, 3.8) is 0 Å². The van der Waals surface area contributed by atoms with Crippen LogP contribution in [0.25, 0.3) is 0 Å². The third-order valence-corrected chi connectivity index (χ3v) is 2.97. The van der Waals surface area contributed by atoms with Crippen molar-refractivity contribution in [1.82, 2.24) is 0 Å². The normalized spacial score (nSPS) is 9.94. The lowest BCUT2D eigenvalue weighted by Crippen LogP contribution is -2.13. The van der Waals surface area contributed by atoms with E-state index in [1.165, 1.54) is 0 Å². The average molecular weight is 338 g/mol. The van der Waals surface area contributed by atoms with Crippen LogP contribution in [0.3, 0.4) is 0 Å². The molecule has 0 unspecified atom stereocenters. The molecule has 0 aliphatic rings. The van der Waals surface area contributed by atoms with E-state index in [-0.39, 0.29) is 0 Å². The molecule has 0 bridgehead atoms. The van der Waals surface area contributed by atoms with E-state index in [0.717, 1.165) is 14.9 Å². The highest BCUT2D eigenvalue weighted by molar-refractivity contribution is 14.1. The second-order valence-corrected chi connectivity index (χ2v) is 4.79. The number of para-hydroxylation sites is 1. The maximum Gasteiger partial charge on any atom is 0.250 e. The largest absolute Gasteiger partial charge is 0.366 e. The van der Waals surface area contributed by atoms with Crippen LogP contribution in [-0.2, 0) is 0 Å². The van der Waals surface area contributed by atoms with E-state index >= 15 is 0 Å². The molecule has 0 aliphatic heterocycles. The summed E-state index contributed by atoms with van der Waals surface area (Å²) < 4.78 is 1.05. The van der Waals surface area contributed by atoms with Crippen molar-refractivity contribution in [3.8, 4) is 0 Å². The standard InChI is InChI=1S/C13H11IN2O/c14-9-6-7-11(13(15)17)12(8-9)16-10-4-2-1-3-5-10/h1-8,16H,(H2,15,17). The highest BCUT2D eigenvalue weighted by Gasteiger charge is 2.08. The van der Waals surface area contributed by atoms with Gasteiger partial charge in [-0.1, -0.05) is 18.2 Å². The van der Waals surface area contributed by atoms with Crippen LogP contribution >= 0.6 is 22.6 Å². The summed E-state index contributed by atoms with van der Waals surface area (Å²) in [6.45, 7) is 0. The number of benzene rings is 2. The van der Waals surface area contributed by atoms with Gasteiger partial charge in [-0.25, -0.2) is 0 Å². The molecular weight excluding hydrogens is 327 g/mol. The zero-order chi connectivity index (χ0) is 12.3. The molecule has 0 aliphatic carbocycles. The van der Waals surface area contributed by atoms with E-state index < -0.39 is 5.91 Å². The molecule has 17 heavy (non-hydrogen) atoms. The second kappa shape index (κ2) is 5.18. The lowest BCUT2D eigenvalue weighted by atomic mass is 10.1. The topological polar surface area (TPSA) is 55.1 Å². The van der Waals surface area contributed by atoms with Crippen molar-refractivity contribution in [2.75, 3.05) is 5.32 Å². The molecule has 3 nitrogen and oxygen atoms in total. The van der Waals surface area contributed by atoms with Gasteiger partial charge in [0.2, 0.25) is 0 Å². The van der Waals surface area contributed by atoms with Crippen molar-refractivity contribution in [2.24, 2.45) is 5.73 Å². The van der Waals surface area contributed by atoms with E-state index in [4.69, 9.17) is 5.73 Å². The molecule has 86 valence electrons. The van der Waals surface area contributed by atoms with Gasteiger partial charge in [0.15, 0.2) is 0 Å². The Balaban J connectivity index is 2.37. The van der Waals surface area contributed by atoms with Gasteiger partial charge in [0, 0.05) is 9.26 Å². The molecule has 0 radical (unpaired) electrons. The lowest BCUT2D eigenvalue weighted by Gasteiger charge is -2.10. The molecule has 3 N–H and O–H groups in total. The van der Waals surface area contributed by atoms with Crippen LogP contribution in [0.4, 0.5) is 11.4 Å². The predicted octanol–water partition coefficient (Wildman–Crippen LogP) is 3.13. The highest BCUT2D eigenvalue weighted by atomic mass is 127. The number of rotatable bonds is 3. The van der Waals surface area contributed by atoms with Gasteiger partial charge in [0.1, 0.15) is 0 Å². The van der Waals surface area contributed by atoms with Crippen LogP contribution in [0.1, 0.15) is 10.4 Å². The molecule has 2 rings (SSSR count). The first-order chi connectivity index (χ1) is 8.16. The minimum absolute atomic E-state index is 0.431. The van der Waals surface area contributed by atoms with Gasteiger partial charge in [-0.15, -0.1) is 0 Å². The highest BCUT2D eigenvalue weighted by Crippen LogP contribution is 2.22. The Morgan fingerprint density at radius 3 is 2.47 bits per heavy atom. The molecule has 2 aromatic rings. The fourth-order valence-corrected chi connectivity index (χ4v) is 2.00. The zero-order valence-corrected chi connectivity index (χ0v) is 11.1. The molecule has 0 aromatic heterocycles. The number of anilines is 2. The molecule has 4 heteroatoms. The number of hydrogen-bond donors (Lipinski definition) is 2. The minimum Gasteiger partial charge on any atom is -0.366 e. The van der Waals surface area contributed by atoms with Crippen LogP contribution in [0.5, 0.6) is 0 Å². The van der Waals surface area contributed by atoms with Gasteiger partial charge in [-0.2, -0.15) is 0 Å². The van der Waals surface area contributed by atoms with Crippen molar-refractivity contribution < 1.29 is 4.79 Å². The van der Waals surface area contributed by atoms with Crippen molar-refractivity contribution in [3.05, 3.63) is 57.7 Å². The number of carbonyl (C=O) groups excluding carboxylic acids is 1. The number of carbonyl (C=O) groups is 1. The van der Waals surface area contributed by atoms with Gasteiger partial charge >= 0.3 is 0 Å². The first kappa shape index (κ1) is 11.9. The molecule has 0 atom stereocenters. The summed E-state index contributed by atoms with van der Waals surface area (Å²) in [6.07, 6.45) is 0. The van der Waals surface area contributed by atoms with Crippen LogP contribution in [0.2, 0.25) is 0 Å². The van der Waals surface area contributed by atoms with Gasteiger partial charge in [-0.05, 0) is 52.9 Å². The molecule has 2 aromatic carbocycles. The Bertz CT molecular complexity index is 540. The summed E-state index contributed by atoms with van der Waals surface area (Å²) in [7, 11) is 0. The maximum atomic E-state index is 11.3. The molecule has 0 saturated carbocycles. The van der Waals surface area contributed by atoms with Crippen molar-refractivity contribution >= 4 is 39.9 Å². The first-order valence-electron chi connectivity index (χ1n) is 5.08. The number of nitrogens with two attached hydrogens (primary N) is 1. The Labute approximate surface area is 113 Å². The van der Waals surface area contributed by atoms with E-state index in [1.54, 1.807) is 6.07 Å². The fraction of sp³-hybridized carbons (Fsp3) is 0. The lowest BCUT2D eigenvalue weighted by molar-refractivity contribution is 0.100. The first-order valence-corrected chi connectivity index (χ1v) is 6.16. The zero-order valence-electron chi connectivity index (χ0n) is 8.98. The number of halogens is 1. The Morgan fingerprint density at radius 1 is 1.12 bits per heavy atom. The molecule has 1 amide bonds. The Morgan fingerprint density at radius 2 is 1.82 bits per heavy atom. The van der Waals surface area contributed by atoms with Crippen LogP contribution < -0.4 is 11.1 Å². The maximum absolute atomic E-state index is 11.3. The Kier molecular flexibility index (Phi) is 3.63. The summed E-state index contributed by atoms with van der Waals surface area (Å²) in [5, 5.41) is 3.19. The minimum atomic E-state index is -0.431. The number of amides is 1. The molecule has 0 heterocycles. The third-order valence-electron chi connectivity index (χ3n) is 2.30. The van der Waals surface area contributed by atoms with Gasteiger partial charge in [-0.3, -0.25) is 4.79 Å². The second-order valence-electron chi connectivity index (χ2n) is 3.55. The quantitative estimate of drug-likeness (QED) is 0.845. The summed E-state index contributed by atoms with van der Waals surface area (Å²) in [5.41, 5.74) is 7.49. The van der Waals surface area contributed by atoms with E-state index in [2.05, 4.69) is 27.9 Å². The number of nitrogens with one attached hydrogen (secondary N) is 1. The van der Waals surface area contributed by atoms with Crippen LogP contribution in [0.15, 0.2) is 48.5 Å². The monoisotopic (exact) mass is 338 g/mol. The van der Waals surface area contributed by atoms with E-state index in [0.29, 0.717) is 5.56 Å². The summed E-state index contributed by atoms with van der Waals surface area (Å²) in [6, 6.07) is 15.2. The molecule has 0 spiro atoms. The predicted molar refractivity (Wildman–Crippen MR) is 77.4 cm³/mol. The van der Waals surface area contributed by atoms with E-state index in [1.807, 2.05) is 42.5 Å². The number of hydrogen-bond acceptors (Lipinski definition) is 2.